The Morgan fingerprint density at radius 2 is 1.80 bits per heavy atom. The monoisotopic (exact) mass is 274 g/mol. The highest BCUT2D eigenvalue weighted by Crippen LogP contribution is 2.29. The van der Waals surface area contributed by atoms with Gasteiger partial charge in [-0.05, 0) is 42.9 Å². The highest BCUT2D eigenvalue weighted by atomic mass is 15.2. The van der Waals surface area contributed by atoms with Crippen LogP contribution in [0.3, 0.4) is 0 Å². The molecule has 0 spiro atoms. The van der Waals surface area contributed by atoms with Crippen LogP contribution in [0.2, 0.25) is 0 Å². The fourth-order valence-electron chi connectivity index (χ4n) is 3.14. The minimum absolute atomic E-state index is 0.588. The second-order valence-electron chi connectivity index (χ2n) is 7.01. The quantitative estimate of drug-likeness (QED) is 0.903. The van der Waals surface area contributed by atoms with Crippen LogP contribution in [-0.2, 0) is 0 Å². The molecule has 2 nitrogen and oxygen atoms in total. The number of rotatable bonds is 3. The molecule has 0 amide bonds. The maximum atomic E-state index is 3.74. The molecule has 0 radical (unpaired) electrons. The van der Waals surface area contributed by atoms with Gasteiger partial charge in [0.15, 0.2) is 0 Å². The number of hydrogen-bond donors (Lipinski definition) is 1. The lowest BCUT2D eigenvalue weighted by molar-refractivity contribution is 0.295. The summed E-state index contributed by atoms with van der Waals surface area (Å²) in [5, 5.41) is 3.74. The number of anilines is 1. The fraction of sp³-hybridized carbons (Fsp3) is 0.667. The molecule has 1 N–H and O–H groups in total. The zero-order chi connectivity index (χ0) is 14.9. The van der Waals surface area contributed by atoms with Gasteiger partial charge in [0, 0.05) is 30.9 Å². The first-order valence-corrected chi connectivity index (χ1v) is 7.97. The first-order valence-electron chi connectivity index (χ1n) is 7.97. The van der Waals surface area contributed by atoms with Crippen molar-refractivity contribution in [2.45, 2.75) is 53.6 Å². The van der Waals surface area contributed by atoms with Crippen molar-refractivity contribution >= 4 is 5.69 Å². The highest BCUT2D eigenvalue weighted by Gasteiger charge is 2.31. The van der Waals surface area contributed by atoms with Crippen molar-refractivity contribution in [3.8, 4) is 0 Å². The van der Waals surface area contributed by atoms with Crippen molar-refractivity contribution in [3.63, 3.8) is 0 Å². The predicted octanol–water partition coefficient (Wildman–Crippen LogP) is 3.76. The Kier molecular flexibility index (Phi) is 4.74. The standard InChI is InChI=1S/C18H30N2/c1-12(2)16-11-20(18(10-19-16)13(3)4)17-9-14(5)7-8-15(17)6/h7-9,12-13,16,18-19H,10-11H2,1-6H3. The third kappa shape index (κ3) is 3.17. The highest BCUT2D eigenvalue weighted by molar-refractivity contribution is 5.56. The zero-order valence-corrected chi connectivity index (χ0v) is 13.9. The molecule has 2 rings (SSSR count). The Morgan fingerprint density at radius 1 is 1.10 bits per heavy atom. The molecular formula is C18H30N2. The van der Waals surface area contributed by atoms with E-state index >= 15 is 0 Å². The van der Waals surface area contributed by atoms with Gasteiger partial charge in [-0.3, -0.25) is 0 Å². The summed E-state index contributed by atoms with van der Waals surface area (Å²) in [5.74, 6) is 1.34. The van der Waals surface area contributed by atoms with Crippen LogP contribution in [-0.4, -0.2) is 25.2 Å². The molecule has 1 aromatic carbocycles. The second kappa shape index (κ2) is 6.17. The molecule has 2 unspecified atom stereocenters. The van der Waals surface area contributed by atoms with Crippen LogP contribution < -0.4 is 10.2 Å². The van der Waals surface area contributed by atoms with Gasteiger partial charge < -0.3 is 10.2 Å². The second-order valence-corrected chi connectivity index (χ2v) is 7.01. The maximum Gasteiger partial charge on any atom is 0.0438 e. The van der Waals surface area contributed by atoms with Gasteiger partial charge in [0.1, 0.15) is 0 Å². The lowest BCUT2D eigenvalue weighted by Crippen LogP contribution is -2.60. The normalized spacial score (nSPS) is 23.7. The zero-order valence-electron chi connectivity index (χ0n) is 13.9. The number of piperazine rings is 1. The van der Waals surface area contributed by atoms with Crippen LogP contribution in [0.25, 0.3) is 0 Å². The first-order chi connectivity index (χ1) is 9.40. The molecule has 20 heavy (non-hydrogen) atoms. The molecule has 112 valence electrons. The lowest BCUT2D eigenvalue weighted by Gasteiger charge is -2.45. The molecular weight excluding hydrogens is 244 g/mol. The van der Waals surface area contributed by atoms with E-state index in [4.69, 9.17) is 0 Å². The van der Waals surface area contributed by atoms with Gasteiger partial charge in [-0.25, -0.2) is 0 Å². The van der Waals surface area contributed by atoms with Crippen molar-refractivity contribution in [1.82, 2.24) is 5.32 Å². The molecule has 1 fully saturated rings. The van der Waals surface area contributed by atoms with Crippen LogP contribution in [0.15, 0.2) is 18.2 Å². The average molecular weight is 274 g/mol. The predicted molar refractivity (Wildman–Crippen MR) is 88.5 cm³/mol. The summed E-state index contributed by atoms with van der Waals surface area (Å²) in [6, 6.07) is 8.00. The van der Waals surface area contributed by atoms with E-state index in [2.05, 4.69) is 70.0 Å². The number of nitrogens with zero attached hydrogens (tertiary/aromatic N) is 1. The van der Waals surface area contributed by atoms with E-state index < -0.39 is 0 Å². The summed E-state index contributed by atoms with van der Waals surface area (Å²) in [6.45, 7) is 15.9. The van der Waals surface area contributed by atoms with Crippen molar-refractivity contribution < 1.29 is 0 Å². The van der Waals surface area contributed by atoms with Gasteiger partial charge in [0.25, 0.3) is 0 Å². The number of aryl methyl sites for hydroxylation is 2. The van der Waals surface area contributed by atoms with Gasteiger partial charge in [-0.1, -0.05) is 39.8 Å². The van der Waals surface area contributed by atoms with Gasteiger partial charge in [-0.2, -0.15) is 0 Å². The summed E-state index contributed by atoms with van der Waals surface area (Å²) in [6.07, 6.45) is 0. The lowest BCUT2D eigenvalue weighted by atomic mass is 9.93. The minimum atomic E-state index is 0.588. The number of nitrogens with one attached hydrogen (secondary N) is 1. The summed E-state index contributed by atoms with van der Waals surface area (Å²) in [5.41, 5.74) is 4.18. The Labute approximate surface area is 124 Å². The third-order valence-corrected chi connectivity index (χ3v) is 4.63. The smallest absolute Gasteiger partial charge is 0.0438 e. The molecule has 1 aliphatic heterocycles. The Balaban J connectivity index is 2.33. The van der Waals surface area contributed by atoms with E-state index in [1.54, 1.807) is 0 Å². The Hall–Kier alpha value is -1.02. The minimum Gasteiger partial charge on any atom is -0.365 e. The third-order valence-electron chi connectivity index (χ3n) is 4.63. The van der Waals surface area contributed by atoms with E-state index in [-0.39, 0.29) is 0 Å². The van der Waals surface area contributed by atoms with Gasteiger partial charge >= 0.3 is 0 Å². The molecule has 1 saturated heterocycles. The van der Waals surface area contributed by atoms with Gasteiger partial charge in [0.2, 0.25) is 0 Å². The molecule has 0 saturated carbocycles. The average Bonchev–Trinajstić information content (AvgIpc) is 2.40. The molecule has 1 aromatic rings. The van der Waals surface area contributed by atoms with Crippen LogP contribution >= 0.6 is 0 Å². The van der Waals surface area contributed by atoms with Crippen molar-refractivity contribution in [2.75, 3.05) is 18.0 Å². The molecule has 2 heteroatoms. The van der Waals surface area contributed by atoms with Gasteiger partial charge in [0.05, 0.1) is 0 Å². The molecule has 0 bridgehead atoms. The summed E-state index contributed by atoms with van der Waals surface area (Å²) < 4.78 is 0. The maximum absolute atomic E-state index is 3.74. The van der Waals surface area contributed by atoms with Gasteiger partial charge in [-0.15, -0.1) is 0 Å². The molecule has 0 aliphatic carbocycles. The van der Waals surface area contributed by atoms with Crippen molar-refractivity contribution in [2.24, 2.45) is 11.8 Å². The first kappa shape index (κ1) is 15.4. The summed E-state index contributed by atoms with van der Waals surface area (Å²) >= 11 is 0. The fourth-order valence-corrected chi connectivity index (χ4v) is 3.14. The summed E-state index contributed by atoms with van der Waals surface area (Å²) in [7, 11) is 0. The molecule has 2 atom stereocenters. The molecule has 1 heterocycles. The largest absolute Gasteiger partial charge is 0.365 e. The Bertz CT molecular complexity index is 451. The van der Waals surface area contributed by atoms with E-state index in [1.807, 2.05) is 0 Å². The SMILES string of the molecule is Cc1ccc(C)c(N2CC(C(C)C)NCC2C(C)C)c1. The van der Waals surface area contributed by atoms with Crippen molar-refractivity contribution in [3.05, 3.63) is 29.3 Å². The van der Waals surface area contributed by atoms with Crippen molar-refractivity contribution in [1.29, 1.82) is 0 Å². The number of benzene rings is 1. The topological polar surface area (TPSA) is 15.3 Å². The molecule has 1 aliphatic rings. The van der Waals surface area contributed by atoms with Crippen LogP contribution in [0, 0.1) is 25.7 Å². The van der Waals surface area contributed by atoms with Crippen LogP contribution in [0.4, 0.5) is 5.69 Å². The van der Waals surface area contributed by atoms with E-state index in [9.17, 15) is 0 Å². The van der Waals surface area contributed by atoms with E-state index in [0.717, 1.165) is 13.1 Å². The van der Waals surface area contributed by atoms with Crippen LogP contribution in [0.5, 0.6) is 0 Å². The Morgan fingerprint density at radius 3 is 2.40 bits per heavy atom. The van der Waals surface area contributed by atoms with E-state index in [1.165, 1.54) is 16.8 Å². The van der Waals surface area contributed by atoms with E-state index in [0.29, 0.717) is 23.9 Å². The van der Waals surface area contributed by atoms with Crippen LogP contribution in [0.1, 0.15) is 38.8 Å². The molecule has 0 aromatic heterocycles. The summed E-state index contributed by atoms with van der Waals surface area (Å²) in [4.78, 5) is 2.65. The number of hydrogen-bond acceptors (Lipinski definition) is 2.